The van der Waals surface area contributed by atoms with E-state index in [1.807, 2.05) is 6.92 Å². The Morgan fingerprint density at radius 3 is 3.00 bits per heavy atom. The molecule has 0 saturated carbocycles. The van der Waals surface area contributed by atoms with Crippen molar-refractivity contribution in [2.45, 2.75) is 19.1 Å². The smallest absolute Gasteiger partial charge is 0.379 e. The summed E-state index contributed by atoms with van der Waals surface area (Å²) in [7, 11) is 0. The average Bonchev–Trinajstić information content (AvgIpc) is 2.90. The van der Waals surface area contributed by atoms with Gasteiger partial charge in [-0.05, 0) is 6.92 Å². The first-order valence-electron chi connectivity index (χ1n) is 6.51. The van der Waals surface area contributed by atoms with Crippen LogP contribution in [0.5, 0.6) is 0 Å². The van der Waals surface area contributed by atoms with Crippen molar-refractivity contribution in [3.05, 3.63) is 17.5 Å². The van der Waals surface area contributed by atoms with Crippen LogP contribution in [0.15, 0.2) is 10.8 Å². The molecular formula is C12H16F3N3O3. The number of nitrogens with one attached hydrogen (secondary N) is 1. The van der Waals surface area contributed by atoms with Crippen LogP contribution in [0.2, 0.25) is 0 Å². The van der Waals surface area contributed by atoms with Gasteiger partial charge < -0.3 is 14.6 Å². The molecule has 21 heavy (non-hydrogen) atoms. The van der Waals surface area contributed by atoms with Gasteiger partial charge in [0.15, 0.2) is 5.69 Å². The van der Waals surface area contributed by atoms with Gasteiger partial charge in [-0.25, -0.2) is 0 Å². The second-order valence-corrected chi connectivity index (χ2v) is 4.79. The van der Waals surface area contributed by atoms with Gasteiger partial charge in [0, 0.05) is 25.7 Å². The summed E-state index contributed by atoms with van der Waals surface area (Å²) in [4.78, 5) is 13.8. The quantitative estimate of drug-likeness (QED) is 0.903. The SMILES string of the molecule is CC1COCCN1CCNC(=O)c1conc1C(F)(F)F. The van der Waals surface area contributed by atoms with Crippen LogP contribution in [0, 0.1) is 0 Å². The van der Waals surface area contributed by atoms with Crippen molar-refractivity contribution in [1.82, 2.24) is 15.4 Å². The van der Waals surface area contributed by atoms with E-state index >= 15 is 0 Å². The Bertz CT molecular complexity index is 490. The van der Waals surface area contributed by atoms with Crippen LogP contribution in [-0.4, -0.2) is 54.9 Å². The Hall–Kier alpha value is -1.61. The molecule has 1 aromatic rings. The second-order valence-electron chi connectivity index (χ2n) is 4.79. The van der Waals surface area contributed by atoms with E-state index in [0.717, 1.165) is 6.54 Å². The minimum Gasteiger partial charge on any atom is -0.379 e. The van der Waals surface area contributed by atoms with Crippen LogP contribution in [0.25, 0.3) is 0 Å². The summed E-state index contributed by atoms with van der Waals surface area (Å²) in [6, 6.07) is 0.219. The van der Waals surface area contributed by atoms with Crippen molar-refractivity contribution in [2.75, 3.05) is 32.8 Å². The van der Waals surface area contributed by atoms with E-state index in [4.69, 9.17) is 4.74 Å². The van der Waals surface area contributed by atoms with Gasteiger partial charge >= 0.3 is 6.18 Å². The number of nitrogens with zero attached hydrogens (tertiary/aromatic N) is 2. The van der Waals surface area contributed by atoms with Crippen molar-refractivity contribution < 1.29 is 27.2 Å². The predicted molar refractivity (Wildman–Crippen MR) is 65.7 cm³/mol. The monoisotopic (exact) mass is 307 g/mol. The molecule has 0 spiro atoms. The molecule has 0 radical (unpaired) electrons. The lowest BCUT2D eigenvalue weighted by atomic mass is 10.2. The topological polar surface area (TPSA) is 67.6 Å². The molecule has 1 unspecified atom stereocenters. The molecule has 1 aromatic heterocycles. The highest BCUT2D eigenvalue weighted by atomic mass is 19.4. The van der Waals surface area contributed by atoms with E-state index in [1.165, 1.54) is 0 Å². The molecule has 1 N–H and O–H groups in total. The van der Waals surface area contributed by atoms with Crippen LogP contribution in [0.1, 0.15) is 23.0 Å². The molecule has 6 nitrogen and oxygen atoms in total. The molecule has 9 heteroatoms. The van der Waals surface area contributed by atoms with E-state index in [-0.39, 0.29) is 12.6 Å². The number of hydrogen-bond donors (Lipinski definition) is 1. The Morgan fingerprint density at radius 1 is 1.57 bits per heavy atom. The number of hydrogen-bond acceptors (Lipinski definition) is 5. The van der Waals surface area contributed by atoms with E-state index in [9.17, 15) is 18.0 Å². The van der Waals surface area contributed by atoms with E-state index in [1.54, 1.807) is 0 Å². The standard InChI is InChI=1S/C12H16F3N3O3/c1-8-6-20-5-4-18(8)3-2-16-11(19)9-7-21-17-10(9)12(13,14)15/h7-8H,2-6H2,1H3,(H,16,19). The second kappa shape index (κ2) is 6.44. The summed E-state index contributed by atoms with van der Waals surface area (Å²) in [5.41, 5.74) is -1.91. The maximum Gasteiger partial charge on any atom is 0.437 e. The van der Waals surface area contributed by atoms with Crippen LogP contribution in [-0.2, 0) is 10.9 Å². The Labute approximate surface area is 119 Å². The molecule has 1 fully saturated rings. The van der Waals surface area contributed by atoms with Gasteiger partial charge in [0.05, 0.1) is 13.2 Å². The predicted octanol–water partition coefficient (Wildman–Crippen LogP) is 1.14. The number of halogens is 3. The number of morpholine rings is 1. The number of aromatic nitrogens is 1. The minimum absolute atomic E-state index is 0.219. The Kier molecular flexibility index (Phi) is 4.84. The number of carbonyl (C=O) groups excluding carboxylic acids is 1. The molecule has 2 rings (SSSR count). The Morgan fingerprint density at radius 2 is 2.33 bits per heavy atom. The fraction of sp³-hybridized carbons (Fsp3) is 0.667. The molecule has 1 aliphatic heterocycles. The van der Waals surface area contributed by atoms with Crippen molar-refractivity contribution in [3.8, 4) is 0 Å². The van der Waals surface area contributed by atoms with Gasteiger partial charge in [-0.3, -0.25) is 9.69 Å². The Balaban J connectivity index is 1.86. The van der Waals surface area contributed by atoms with E-state index < -0.39 is 23.3 Å². The molecule has 0 aliphatic carbocycles. The fourth-order valence-corrected chi connectivity index (χ4v) is 2.10. The zero-order valence-corrected chi connectivity index (χ0v) is 11.4. The zero-order valence-electron chi connectivity index (χ0n) is 11.4. The zero-order chi connectivity index (χ0) is 15.5. The van der Waals surface area contributed by atoms with Crippen LogP contribution in [0.3, 0.4) is 0 Å². The first-order chi connectivity index (χ1) is 9.89. The number of rotatable bonds is 4. The van der Waals surface area contributed by atoms with Crippen molar-refractivity contribution in [3.63, 3.8) is 0 Å². The lowest BCUT2D eigenvalue weighted by molar-refractivity contribution is -0.143. The largest absolute Gasteiger partial charge is 0.437 e. The third-order valence-corrected chi connectivity index (χ3v) is 3.27. The van der Waals surface area contributed by atoms with Crippen molar-refractivity contribution >= 4 is 5.91 Å². The van der Waals surface area contributed by atoms with Crippen molar-refractivity contribution in [1.29, 1.82) is 0 Å². The maximum absolute atomic E-state index is 12.6. The van der Waals surface area contributed by atoms with Gasteiger partial charge in [-0.15, -0.1) is 0 Å². The van der Waals surface area contributed by atoms with Crippen LogP contribution in [0.4, 0.5) is 13.2 Å². The third kappa shape index (κ3) is 3.94. The molecule has 1 atom stereocenters. The number of amides is 1. The number of alkyl halides is 3. The highest BCUT2D eigenvalue weighted by molar-refractivity contribution is 5.95. The van der Waals surface area contributed by atoms with Crippen LogP contribution >= 0.6 is 0 Å². The van der Waals surface area contributed by atoms with E-state index in [2.05, 4.69) is 19.9 Å². The lowest BCUT2D eigenvalue weighted by Gasteiger charge is -2.33. The van der Waals surface area contributed by atoms with Gasteiger partial charge in [0.2, 0.25) is 0 Å². The fourth-order valence-electron chi connectivity index (χ4n) is 2.10. The van der Waals surface area contributed by atoms with E-state index in [0.29, 0.717) is 26.0 Å². The van der Waals surface area contributed by atoms with Gasteiger partial charge in [0.25, 0.3) is 5.91 Å². The summed E-state index contributed by atoms with van der Waals surface area (Å²) in [6.07, 6.45) is -4.01. The van der Waals surface area contributed by atoms with Crippen molar-refractivity contribution in [2.24, 2.45) is 0 Å². The molecule has 0 bridgehead atoms. The van der Waals surface area contributed by atoms with Crippen LogP contribution < -0.4 is 5.32 Å². The summed E-state index contributed by atoms with van der Waals surface area (Å²) in [6.45, 7) is 4.73. The maximum atomic E-state index is 12.6. The molecule has 1 saturated heterocycles. The molecule has 0 aromatic carbocycles. The highest BCUT2D eigenvalue weighted by Gasteiger charge is 2.39. The molecular weight excluding hydrogens is 291 g/mol. The highest BCUT2D eigenvalue weighted by Crippen LogP contribution is 2.30. The minimum atomic E-state index is -4.71. The summed E-state index contributed by atoms with van der Waals surface area (Å²) < 4.78 is 47.3. The van der Waals surface area contributed by atoms with Gasteiger partial charge in [-0.1, -0.05) is 5.16 Å². The third-order valence-electron chi connectivity index (χ3n) is 3.27. The molecule has 118 valence electrons. The average molecular weight is 307 g/mol. The summed E-state index contributed by atoms with van der Waals surface area (Å²) in [5, 5.41) is 5.27. The first-order valence-corrected chi connectivity index (χ1v) is 6.51. The normalized spacial score (nSPS) is 20.5. The summed E-state index contributed by atoms with van der Waals surface area (Å²) >= 11 is 0. The first kappa shape index (κ1) is 15.8. The number of carbonyl (C=O) groups is 1. The lowest BCUT2D eigenvalue weighted by Crippen LogP contribution is -2.46. The van der Waals surface area contributed by atoms with Gasteiger partial charge in [0.1, 0.15) is 11.8 Å². The summed E-state index contributed by atoms with van der Waals surface area (Å²) in [5.74, 6) is -0.843. The molecule has 2 heterocycles. The number of ether oxygens (including phenoxy) is 1. The van der Waals surface area contributed by atoms with Gasteiger partial charge in [-0.2, -0.15) is 13.2 Å². The molecule has 1 aliphatic rings. The molecule has 1 amide bonds.